The average molecular weight is 244 g/mol. The molecule has 0 saturated carbocycles. The Morgan fingerprint density at radius 3 is 2.53 bits per heavy atom. The number of carbonyl (C=O) groups excluding carboxylic acids is 1. The summed E-state index contributed by atoms with van der Waals surface area (Å²) in [5.74, 6) is -1.78. The van der Waals surface area contributed by atoms with Crippen molar-refractivity contribution in [3.05, 3.63) is 29.5 Å². The van der Waals surface area contributed by atoms with Gasteiger partial charge in [0.1, 0.15) is 16.9 Å². The van der Waals surface area contributed by atoms with E-state index < -0.39 is 23.3 Å². The minimum atomic E-state index is -4.68. The van der Waals surface area contributed by atoms with Crippen LogP contribution < -0.4 is 0 Å². The van der Waals surface area contributed by atoms with E-state index in [0.29, 0.717) is 0 Å². The Hall–Kier alpha value is -1.98. The molecule has 1 heterocycles. The van der Waals surface area contributed by atoms with Crippen LogP contribution in [0.2, 0.25) is 0 Å². The smallest absolute Gasteiger partial charge is 0.420 e. The molecule has 1 aromatic carbocycles. The molecule has 0 atom stereocenters. The number of phenols is 1. The molecule has 0 amide bonds. The number of ketones is 1. The van der Waals surface area contributed by atoms with E-state index in [1.54, 1.807) is 0 Å². The maximum absolute atomic E-state index is 12.8. The highest BCUT2D eigenvalue weighted by molar-refractivity contribution is 5.99. The molecule has 0 fully saturated rings. The van der Waals surface area contributed by atoms with E-state index in [4.69, 9.17) is 9.52 Å². The molecule has 2 aromatic rings. The van der Waals surface area contributed by atoms with E-state index in [1.165, 1.54) is 0 Å². The van der Waals surface area contributed by atoms with Crippen LogP contribution in [0.5, 0.6) is 5.75 Å². The maximum atomic E-state index is 12.8. The maximum Gasteiger partial charge on any atom is 0.420 e. The van der Waals surface area contributed by atoms with Gasteiger partial charge in [0.2, 0.25) is 0 Å². The van der Waals surface area contributed by atoms with E-state index in [1.807, 2.05) is 0 Å². The van der Waals surface area contributed by atoms with Crippen LogP contribution >= 0.6 is 0 Å². The number of halogens is 3. The van der Waals surface area contributed by atoms with Gasteiger partial charge in [-0.3, -0.25) is 4.79 Å². The minimum Gasteiger partial charge on any atom is -0.508 e. The number of furan rings is 1. The zero-order chi connectivity index (χ0) is 12.8. The quantitative estimate of drug-likeness (QED) is 0.782. The third-order valence-corrected chi connectivity index (χ3v) is 2.28. The van der Waals surface area contributed by atoms with Crippen molar-refractivity contribution in [2.45, 2.75) is 13.1 Å². The number of hydrogen-bond donors (Lipinski definition) is 1. The molecule has 0 saturated heterocycles. The third kappa shape index (κ3) is 1.86. The molecule has 90 valence electrons. The van der Waals surface area contributed by atoms with Gasteiger partial charge in [0.15, 0.2) is 11.5 Å². The zero-order valence-electron chi connectivity index (χ0n) is 8.63. The molecule has 0 unspecified atom stereocenters. The van der Waals surface area contributed by atoms with Gasteiger partial charge < -0.3 is 9.52 Å². The first kappa shape index (κ1) is 11.5. The summed E-state index contributed by atoms with van der Waals surface area (Å²) in [7, 11) is 0. The summed E-state index contributed by atoms with van der Waals surface area (Å²) in [6.45, 7) is 0.993. The van der Waals surface area contributed by atoms with Gasteiger partial charge in [0.05, 0.1) is 0 Å². The summed E-state index contributed by atoms with van der Waals surface area (Å²) in [4.78, 5) is 11.1. The Morgan fingerprint density at radius 1 is 1.35 bits per heavy atom. The van der Waals surface area contributed by atoms with Gasteiger partial charge in [-0.15, -0.1) is 0 Å². The lowest BCUT2D eigenvalue weighted by molar-refractivity contribution is -0.137. The van der Waals surface area contributed by atoms with Crippen LogP contribution in [0.3, 0.4) is 0 Å². The first-order chi connectivity index (χ1) is 7.80. The third-order valence-electron chi connectivity index (χ3n) is 2.28. The molecule has 2 rings (SSSR count). The lowest BCUT2D eigenvalue weighted by Crippen LogP contribution is -2.09. The molecule has 3 nitrogen and oxygen atoms in total. The second-order valence-corrected chi connectivity index (χ2v) is 3.54. The van der Waals surface area contributed by atoms with Gasteiger partial charge in [-0.2, -0.15) is 13.2 Å². The van der Waals surface area contributed by atoms with Crippen molar-refractivity contribution in [2.75, 3.05) is 0 Å². The highest BCUT2D eigenvalue weighted by Gasteiger charge is 2.39. The number of benzene rings is 1. The molecule has 6 heteroatoms. The Morgan fingerprint density at radius 2 is 2.00 bits per heavy atom. The first-order valence-corrected chi connectivity index (χ1v) is 4.64. The number of alkyl halides is 3. The molecule has 0 spiro atoms. The number of Topliss-reactive ketones (excluding diaryl/α,β-unsaturated/α-hetero) is 1. The van der Waals surface area contributed by atoms with Gasteiger partial charge in [-0.1, -0.05) is 0 Å². The van der Waals surface area contributed by atoms with E-state index in [0.717, 1.165) is 25.1 Å². The molecule has 0 aliphatic rings. The van der Waals surface area contributed by atoms with Crippen LogP contribution in [0.15, 0.2) is 22.6 Å². The Bertz CT molecular complexity index is 596. The zero-order valence-corrected chi connectivity index (χ0v) is 8.63. The molecular formula is C11H7F3O3. The number of rotatable bonds is 1. The molecule has 1 N–H and O–H groups in total. The Kier molecular flexibility index (Phi) is 2.38. The van der Waals surface area contributed by atoms with Crippen LogP contribution in [0.25, 0.3) is 11.0 Å². The van der Waals surface area contributed by atoms with Gasteiger partial charge >= 0.3 is 6.18 Å². The van der Waals surface area contributed by atoms with E-state index in [-0.39, 0.29) is 16.7 Å². The minimum absolute atomic E-state index is 0.164. The number of carbonyl (C=O) groups is 1. The number of phenolic OH excluding ortho intramolecular Hbond substituents is 1. The highest BCUT2D eigenvalue weighted by Crippen LogP contribution is 2.40. The van der Waals surface area contributed by atoms with Crippen LogP contribution in [0.4, 0.5) is 13.2 Å². The molecule has 0 aliphatic carbocycles. The van der Waals surface area contributed by atoms with E-state index >= 15 is 0 Å². The molecule has 1 aromatic heterocycles. The van der Waals surface area contributed by atoms with Crippen molar-refractivity contribution in [1.29, 1.82) is 0 Å². The molecule has 0 bridgehead atoms. The van der Waals surface area contributed by atoms with Gasteiger partial charge in [-0.05, 0) is 12.1 Å². The van der Waals surface area contributed by atoms with Gasteiger partial charge in [-0.25, -0.2) is 0 Å². The van der Waals surface area contributed by atoms with Crippen molar-refractivity contribution in [3.8, 4) is 5.75 Å². The number of hydrogen-bond acceptors (Lipinski definition) is 3. The van der Waals surface area contributed by atoms with Crippen molar-refractivity contribution < 1.29 is 27.5 Å². The largest absolute Gasteiger partial charge is 0.508 e. The van der Waals surface area contributed by atoms with Crippen molar-refractivity contribution in [2.24, 2.45) is 0 Å². The Labute approximate surface area is 93.5 Å². The predicted molar refractivity (Wildman–Crippen MR) is 52.9 cm³/mol. The van der Waals surface area contributed by atoms with Crippen LogP contribution in [-0.2, 0) is 6.18 Å². The lowest BCUT2D eigenvalue weighted by Gasteiger charge is -2.05. The van der Waals surface area contributed by atoms with E-state index in [9.17, 15) is 18.0 Å². The summed E-state index contributed by atoms with van der Waals surface area (Å²) in [6, 6.07) is 3.22. The molecule has 17 heavy (non-hydrogen) atoms. The number of aromatic hydroxyl groups is 1. The first-order valence-electron chi connectivity index (χ1n) is 4.64. The summed E-state index contributed by atoms with van der Waals surface area (Å²) in [6.07, 6.45) is -4.68. The van der Waals surface area contributed by atoms with Crippen molar-refractivity contribution in [1.82, 2.24) is 0 Å². The van der Waals surface area contributed by atoms with Gasteiger partial charge in [0.25, 0.3) is 0 Å². The molecular weight excluding hydrogens is 237 g/mol. The fourth-order valence-electron chi connectivity index (χ4n) is 1.61. The second kappa shape index (κ2) is 3.51. The topological polar surface area (TPSA) is 50.4 Å². The van der Waals surface area contributed by atoms with E-state index in [2.05, 4.69) is 0 Å². The lowest BCUT2D eigenvalue weighted by atomic mass is 10.1. The summed E-state index contributed by atoms with van der Waals surface area (Å²) in [5.41, 5.74) is -1.26. The van der Waals surface area contributed by atoms with Crippen molar-refractivity contribution >= 4 is 16.8 Å². The normalized spacial score (nSPS) is 12.0. The Balaban J connectivity index is 2.86. The molecule has 0 radical (unpaired) electrons. The predicted octanol–water partition coefficient (Wildman–Crippen LogP) is 3.36. The fourth-order valence-corrected chi connectivity index (χ4v) is 1.61. The summed E-state index contributed by atoms with van der Waals surface area (Å²) in [5, 5.41) is 8.91. The monoisotopic (exact) mass is 244 g/mol. The van der Waals surface area contributed by atoms with Crippen molar-refractivity contribution in [3.63, 3.8) is 0 Å². The average Bonchev–Trinajstić information content (AvgIpc) is 2.55. The summed E-state index contributed by atoms with van der Waals surface area (Å²) < 4.78 is 43.2. The second-order valence-electron chi connectivity index (χ2n) is 3.54. The van der Waals surface area contributed by atoms with Crippen LogP contribution in [-0.4, -0.2) is 10.9 Å². The SMILES string of the molecule is CC(=O)c1oc2cc(O)ccc2c1C(F)(F)F. The van der Waals surface area contributed by atoms with Crippen LogP contribution in [0, 0.1) is 0 Å². The fraction of sp³-hybridized carbons (Fsp3) is 0.182. The number of fused-ring (bicyclic) bond motifs is 1. The summed E-state index contributed by atoms with van der Waals surface area (Å²) >= 11 is 0. The highest BCUT2D eigenvalue weighted by atomic mass is 19.4. The van der Waals surface area contributed by atoms with Crippen LogP contribution in [0.1, 0.15) is 23.0 Å². The van der Waals surface area contributed by atoms with Gasteiger partial charge in [0, 0.05) is 18.4 Å². The molecule has 0 aliphatic heterocycles. The standard InChI is InChI=1S/C11H7F3O3/c1-5(15)10-9(11(12,13)14)7-3-2-6(16)4-8(7)17-10/h2-4,16H,1H3.